The molecule has 3 aromatic rings. The number of ether oxygens (including phenoxy) is 3. The number of hydrogen-bond donors (Lipinski definition) is 1. The molecule has 0 saturated heterocycles. The number of para-hydroxylation sites is 1. The normalized spacial score (nSPS) is 11.0. The molecule has 0 fully saturated rings. The first-order valence-corrected chi connectivity index (χ1v) is 12.0. The lowest BCUT2D eigenvalue weighted by atomic mass is 10.1. The van der Waals surface area contributed by atoms with Crippen LogP contribution in [0.5, 0.6) is 11.5 Å². The average molecular weight is 525 g/mol. The van der Waals surface area contributed by atoms with Crippen molar-refractivity contribution in [1.29, 1.82) is 5.26 Å². The van der Waals surface area contributed by atoms with E-state index in [9.17, 15) is 10.1 Å². The van der Waals surface area contributed by atoms with Gasteiger partial charge in [0.15, 0.2) is 5.75 Å². The minimum atomic E-state index is -0.525. The largest absolute Gasteiger partial charge is 0.491 e. The monoisotopic (exact) mass is 524 g/mol. The van der Waals surface area contributed by atoms with E-state index in [0.717, 1.165) is 11.3 Å². The van der Waals surface area contributed by atoms with Crippen LogP contribution in [0.15, 0.2) is 66.2 Å². The Hall–Kier alpha value is -3.50. The number of carbonyl (C=O) groups is 1. The minimum Gasteiger partial charge on any atom is -0.491 e. The highest BCUT2D eigenvalue weighted by Crippen LogP contribution is 2.35. The molecule has 0 aliphatic rings. The molecule has 3 rings (SSSR count). The first-order valence-electron chi connectivity index (χ1n) is 11.2. The summed E-state index contributed by atoms with van der Waals surface area (Å²) in [7, 11) is 0. The summed E-state index contributed by atoms with van der Waals surface area (Å²) >= 11 is 12.7. The molecule has 8 heteroatoms. The Morgan fingerprint density at radius 2 is 1.58 bits per heavy atom. The molecule has 0 bridgehead atoms. The summed E-state index contributed by atoms with van der Waals surface area (Å²) in [5.74, 6) is 0.570. The molecule has 0 spiro atoms. The zero-order valence-electron chi connectivity index (χ0n) is 20.0. The highest BCUT2D eigenvalue weighted by molar-refractivity contribution is 6.37. The number of amides is 1. The van der Waals surface area contributed by atoms with Crippen molar-refractivity contribution in [2.75, 3.05) is 31.7 Å². The van der Waals surface area contributed by atoms with Crippen LogP contribution in [0.2, 0.25) is 10.0 Å². The number of nitrogens with one attached hydrogen (secondary N) is 1. The van der Waals surface area contributed by atoms with E-state index in [0.29, 0.717) is 36.8 Å². The molecule has 186 valence electrons. The van der Waals surface area contributed by atoms with Crippen LogP contribution in [0.1, 0.15) is 16.7 Å². The number of carbonyl (C=O) groups excluding carboxylic acids is 1. The van der Waals surface area contributed by atoms with Gasteiger partial charge in [0.25, 0.3) is 5.91 Å². The van der Waals surface area contributed by atoms with Gasteiger partial charge in [0.2, 0.25) is 0 Å². The molecule has 0 radical (unpaired) electrons. The highest BCUT2D eigenvalue weighted by atomic mass is 35.5. The van der Waals surface area contributed by atoms with E-state index < -0.39 is 5.91 Å². The molecule has 3 aromatic carbocycles. The fourth-order valence-corrected chi connectivity index (χ4v) is 3.79. The van der Waals surface area contributed by atoms with Gasteiger partial charge in [-0.25, -0.2) is 0 Å². The summed E-state index contributed by atoms with van der Waals surface area (Å²) in [5.41, 5.74) is 3.11. The zero-order chi connectivity index (χ0) is 25.9. The Morgan fingerprint density at radius 3 is 2.22 bits per heavy atom. The Bertz CT molecular complexity index is 1240. The Labute approximate surface area is 221 Å². The molecule has 0 aliphatic heterocycles. The van der Waals surface area contributed by atoms with Gasteiger partial charge >= 0.3 is 0 Å². The predicted octanol–water partition coefficient (Wildman–Crippen LogP) is 6.63. The zero-order valence-corrected chi connectivity index (χ0v) is 21.5. The number of aryl methyl sites for hydroxylation is 2. The SMILES string of the molecule is Cc1ccc(OCCOCCOc2c(Cl)cc(/C=C(\C#N)C(=O)Nc3ccccc3C)cc2Cl)cc1. The van der Waals surface area contributed by atoms with E-state index in [2.05, 4.69) is 5.32 Å². The standard InChI is InChI=1S/C28H26Cl2N2O4/c1-19-7-9-23(10-8-19)35-13-11-34-12-14-36-27-24(29)16-21(17-25(27)30)15-22(18-31)28(33)32-26-6-4-3-5-20(26)2/h3-10,15-17H,11-14H2,1-2H3,(H,32,33)/b22-15+. The topological polar surface area (TPSA) is 80.6 Å². The molecule has 0 atom stereocenters. The van der Waals surface area contributed by atoms with E-state index >= 15 is 0 Å². The van der Waals surface area contributed by atoms with E-state index in [4.69, 9.17) is 37.4 Å². The van der Waals surface area contributed by atoms with Gasteiger partial charge in [0.1, 0.15) is 30.6 Å². The van der Waals surface area contributed by atoms with Gasteiger partial charge in [-0.2, -0.15) is 5.26 Å². The van der Waals surface area contributed by atoms with Crippen LogP contribution in [0.4, 0.5) is 5.69 Å². The molecular weight excluding hydrogens is 499 g/mol. The summed E-state index contributed by atoms with van der Waals surface area (Å²) < 4.78 is 16.8. The molecule has 0 saturated carbocycles. The second kappa shape index (κ2) is 13.6. The summed E-state index contributed by atoms with van der Waals surface area (Å²) in [6.07, 6.45) is 1.42. The van der Waals surface area contributed by atoms with Crippen molar-refractivity contribution < 1.29 is 19.0 Å². The van der Waals surface area contributed by atoms with Crippen molar-refractivity contribution in [1.82, 2.24) is 0 Å². The molecule has 6 nitrogen and oxygen atoms in total. The van der Waals surface area contributed by atoms with Crippen LogP contribution in [-0.2, 0) is 9.53 Å². The van der Waals surface area contributed by atoms with Crippen LogP contribution in [0, 0.1) is 25.2 Å². The summed E-state index contributed by atoms with van der Waals surface area (Å²) in [4.78, 5) is 12.6. The Kier molecular flexibility index (Phi) is 10.2. The predicted molar refractivity (Wildman–Crippen MR) is 143 cm³/mol. The minimum absolute atomic E-state index is 0.0830. The molecule has 1 N–H and O–H groups in total. The third kappa shape index (κ3) is 8.03. The van der Waals surface area contributed by atoms with Gasteiger partial charge < -0.3 is 19.5 Å². The van der Waals surface area contributed by atoms with Gasteiger partial charge in [0, 0.05) is 5.69 Å². The van der Waals surface area contributed by atoms with E-state index in [-0.39, 0.29) is 22.2 Å². The molecule has 0 aromatic heterocycles. The molecular formula is C28H26Cl2N2O4. The van der Waals surface area contributed by atoms with Gasteiger partial charge in [-0.3, -0.25) is 4.79 Å². The number of halogens is 2. The van der Waals surface area contributed by atoms with Crippen molar-refractivity contribution in [3.63, 3.8) is 0 Å². The maximum Gasteiger partial charge on any atom is 0.266 e. The van der Waals surface area contributed by atoms with Crippen molar-refractivity contribution in [2.45, 2.75) is 13.8 Å². The maximum atomic E-state index is 12.6. The molecule has 36 heavy (non-hydrogen) atoms. The molecule has 0 heterocycles. The van der Waals surface area contributed by atoms with Gasteiger partial charge in [0.05, 0.1) is 23.3 Å². The fraction of sp³-hybridized carbons (Fsp3) is 0.214. The van der Waals surface area contributed by atoms with Crippen LogP contribution in [0.25, 0.3) is 6.08 Å². The summed E-state index contributed by atoms with van der Waals surface area (Å²) in [5, 5.41) is 12.7. The highest BCUT2D eigenvalue weighted by Gasteiger charge is 2.13. The van der Waals surface area contributed by atoms with E-state index in [1.54, 1.807) is 24.3 Å². The third-order valence-corrected chi connectivity index (χ3v) is 5.64. The lowest BCUT2D eigenvalue weighted by Crippen LogP contribution is -2.14. The van der Waals surface area contributed by atoms with Crippen LogP contribution < -0.4 is 14.8 Å². The lowest BCUT2D eigenvalue weighted by Gasteiger charge is -2.12. The van der Waals surface area contributed by atoms with Crippen molar-refractivity contribution >= 4 is 40.9 Å². The molecule has 0 unspecified atom stereocenters. The van der Waals surface area contributed by atoms with Crippen molar-refractivity contribution in [3.05, 3.63) is 93.0 Å². The molecule has 0 aliphatic carbocycles. The maximum absolute atomic E-state index is 12.6. The second-order valence-corrected chi connectivity index (χ2v) is 8.69. The van der Waals surface area contributed by atoms with Crippen molar-refractivity contribution in [2.24, 2.45) is 0 Å². The third-order valence-electron chi connectivity index (χ3n) is 5.08. The number of benzene rings is 3. The molecule has 1 amide bonds. The lowest BCUT2D eigenvalue weighted by molar-refractivity contribution is -0.112. The number of anilines is 1. The van der Waals surface area contributed by atoms with Gasteiger partial charge in [-0.05, 0) is 61.4 Å². The van der Waals surface area contributed by atoms with Gasteiger partial charge in [-0.15, -0.1) is 0 Å². The number of rotatable bonds is 11. The van der Waals surface area contributed by atoms with Crippen LogP contribution in [0.3, 0.4) is 0 Å². The quantitative estimate of drug-likeness (QED) is 0.173. The Morgan fingerprint density at radius 1 is 0.944 bits per heavy atom. The Balaban J connectivity index is 1.50. The first-order chi connectivity index (χ1) is 17.4. The first kappa shape index (κ1) is 27.1. The van der Waals surface area contributed by atoms with Crippen LogP contribution >= 0.6 is 23.2 Å². The van der Waals surface area contributed by atoms with Crippen molar-refractivity contribution in [3.8, 4) is 17.6 Å². The smallest absolute Gasteiger partial charge is 0.266 e. The number of nitriles is 1. The number of hydrogen-bond acceptors (Lipinski definition) is 5. The number of nitrogens with zero attached hydrogens (tertiary/aromatic N) is 1. The van der Waals surface area contributed by atoms with Crippen LogP contribution in [-0.4, -0.2) is 32.3 Å². The van der Waals surface area contributed by atoms with E-state index in [1.165, 1.54) is 11.6 Å². The second-order valence-electron chi connectivity index (χ2n) is 7.87. The van der Waals surface area contributed by atoms with E-state index in [1.807, 2.05) is 56.3 Å². The average Bonchev–Trinajstić information content (AvgIpc) is 2.85. The van der Waals surface area contributed by atoms with Gasteiger partial charge in [-0.1, -0.05) is 59.1 Å². The summed E-state index contributed by atoms with van der Waals surface area (Å²) in [6, 6.07) is 20.2. The fourth-order valence-electron chi connectivity index (χ4n) is 3.18. The summed E-state index contributed by atoms with van der Waals surface area (Å²) in [6.45, 7) is 5.28.